The summed E-state index contributed by atoms with van der Waals surface area (Å²) in [5.41, 5.74) is 6.75. The molecular weight excluding hydrogens is 326 g/mol. The topological polar surface area (TPSA) is 68.0 Å². The maximum atomic E-state index is 11.9. The normalized spacial score (nSPS) is 15.9. The van der Waals surface area contributed by atoms with Gasteiger partial charge in [-0.25, -0.2) is 4.98 Å². The van der Waals surface area contributed by atoms with E-state index in [2.05, 4.69) is 10.3 Å². The van der Waals surface area contributed by atoms with Gasteiger partial charge in [0, 0.05) is 18.0 Å². The molecule has 21 heavy (non-hydrogen) atoms. The molecule has 1 aliphatic rings. The average Bonchev–Trinajstić information content (AvgIpc) is 3.07. The van der Waals surface area contributed by atoms with Crippen molar-refractivity contribution in [1.82, 2.24) is 10.3 Å². The van der Waals surface area contributed by atoms with Crippen molar-refractivity contribution in [2.75, 3.05) is 6.54 Å². The Morgan fingerprint density at radius 1 is 1.52 bits per heavy atom. The summed E-state index contributed by atoms with van der Waals surface area (Å²) in [4.78, 5) is 17.4. The second-order valence-electron chi connectivity index (χ2n) is 5.23. The van der Waals surface area contributed by atoms with Crippen LogP contribution in [0, 0.1) is 5.92 Å². The summed E-state index contributed by atoms with van der Waals surface area (Å²) in [5.74, 6) is 0.576. The van der Waals surface area contributed by atoms with Crippen LogP contribution in [0.5, 0.6) is 0 Å². The molecule has 1 atom stereocenters. The second kappa shape index (κ2) is 6.44. The monoisotopic (exact) mass is 341 g/mol. The molecule has 0 saturated heterocycles. The number of aromatic nitrogens is 1. The fourth-order valence-corrected chi connectivity index (χ4v) is 4.02. The van der Waals surface area contributed by atoms with Crippen LogP contribution in [0.3, 0.4) is 0 Å². The van der Waals surface area contributed by atoms with Crippen LogP contribution in [0.1, 0.15) is 18.5 Å². The lowest BCUT2D eigenvalue weighted by molar-refractivity contribution is -0.120. The van der Waals surface area contributed by atoms with Gasteiger partial charge in [-0.1, -0.05) is 11.6 Å². The van der Waals surface area contributed by atoms with E-state index in [1.54, 1.807) is 0 Å². The number of carbonyl (C=O) groups excluding carboxylic acids is 1. The number of thiophene rings is 1. The van der Waals surface area contributed by atoms with Crippen molar-refractivity contribution in [3.8, 4) is 9.88 Å². The summed E-state index contributed by atoms with van der Waals surface area (Å²) in [6, 6.07) is 3.90. The van der Waals surface area contributed by atoms with Gasteiger partial charge in [0.25, 0.3) is 0 Å². The highest BCUT2D eigenvalue weighted by Crippen LogP contribution is 2.33. The highest BCUT2D eigenvalue weighted by molar-refractivity contribution is 7.23. The van der Waals surface area contributed by atoms with Crippen LogP contribution in [0.2, 0.25) is 4.34 Å². The first-order valence-electron chi connectivity index (χ1n) is 6.84. The Hall–Kier alpha value is -0.950. The minimum Gasteiger partial charge on any atom is -0.354 e. The zero-order chi connectivity index (χ0) is 14.8. The van der Waals surface area contributed by atoms with Crippen molar-refractivity contribution in [2.24, 2.45) is 11.7 Å². The van der Waals surface area contributed by atoms with Gasteiger partial charge in [0.05, 0.1) is 21.3 Å². The van der Waals surface area contributed by atoms with Crippen molar-refractivity contribution in [3.05, 3.63) is 27.5 Å². The zero-order valence-corrected chi connectivity index (χ0v) is 13.7. The average molecular weight is 342 g/mol. The number of rotatable bonds is 6. The van der Waals surface area contributed by atoms with Crippen molar-refractivity contribution in [1.29, 1.82) is 0 Å². The summed E-state index contributed by atoms with van der Waals surface area (Å²) >= 11 is 8.95. The molecule has 2 aromatic rings. The third-order valence-corrected chi connectivity index (χ3v) is 5.73. The van der Waals surface area contributed by atoms with Crippen LogP contribution in [0.15, 0.2) is 17.5 Å². The molecule has 1 aliphatic carbocycles. The van der Waals surface area contributed by atoms with E-state index in [-0.39, 0.29) is 11.9 Å². The lowest BCUT2D eigenvalue weighted by Gasteiger charge is -2.10. The van der Waals surface area contributed by atoms with E-state index in [4.69, 9.17) is 17.3 Å². The van der Waals surface area contributed by atoms with E-state index in [0.29, 0.717) is 18.9 Å². The quantitative estimate of drug-likeness (QED) is 0.848. The molecule has 1 amide bonds. The molecule has 0 bridgehead atoms. The minimum absolute atomic E-state index is 0.0211. The van der Waals surface area contributed by atoms with Gasteiger partial charge in [0.1, 0.15) is 5.01 Å². The smallest absolute Gasteiger partial charge is 0.226 e. The number of halogens is 1. The highest BCUT2D eigenvalue weighted by Gasteiger charge is 2.28. The van der Waals surface area contributed by atoms with Gasteiger partial charge in [-0.05, 0) is 30.9 Å². The van der Waals surface area contributed by atoms with Crippen molar-refractivity contribution in [3.63, 3.8) is 0 Å². The Morgan fingerprint density at radius 2 is 2.33 bits per heavy atom. The summed E-state index contributed by atoms with van der Waals surface area (Å²) in [6.45, 7) is 0.557. The zero-order valence-electron chi connectivity index (χ0n) is 11.3. The Bertz CT molecular complexity index is 636. The molecule has 0 spiro atoms. The van der Waals surface area contributed by atoms with Gasteiger partial charge >= 0.3 is 0 Å². The third-order valence-electron chi connectivity index (χ3n) is 3.44. The molecule has 1 saturated carbocycles. The van der Waals surface area contributed by atoms with E-state index < -0.39 is 0 Å². The van der Waals surface area contributed by atoms with Crippen LogP contribution < -0.4 is 11.1 Å². The van der Waals surface area contributed by atoms with E-state index in [9.17, 15) is 4.79 Å². The first-order valence-corrected chi connectivity index (χ1v) is 8.91. The van der Waals surface area contributed by atoms with Crippen molar-refractivity contribution in [2.45, 2.75) is 25.3 Å². The Kier molecular flexibility index (Phi) is 4.59. The Morgan fingerprint density at radius 3 is 3.00 bits per heavy atom. The molecule has 3 N–H and O–H groups in total. The molecule has 112 valence electrons. The molecule has 0 aliphatic heterocycles. The van der Waals surface area contributed by atoms with Gasteiger partial charge in [0.15, 0.2) is 0 Å². The summed E-state index contributed by atoms with van der Waals surface area (Å²) in [5, 5.41) is 5.71. The first-order chi connectivity index (χ1) is 10.1. The van der Waals surface area contributed by atoms with Crippen molar-refractivity contribution >= 4 is 40.2 Å². The number of nitrogens with zero attached hydrogens (tertiary/aromatic N) is 1. The fourth-order valence-electron chi connectivity index (χ4n) is 2.08. The molecule has 7 heteroatoms. The van der Waals surface area contributed by atoms with Crippen LogP contribution >= 0.6 is 34.3 Å². The Labute approximate surface area is 136 Å². The predicted molar refractivity (Wildman–Crippen MR) is 87.9 cm³/mol. The van der Waals surface area contributed by atoms with Crippen LogP contribution in [0.4, 0.5) is 0 Å². The van der Waals surface area contributed by atoms with Gasteiger partial charge in [-0.15, -0.1) is 22.7 Å². The lowest BCUT2D eigenvalue weighted by Crippen LogP contribution is -2.39. The number of amides is 1. The summed E-state index contributed by atoms with van der Waals surface area (Å²) in [7, 11) is 0. The van der Waals surface area contributed by atoms with E-state index in [1.165, 1.54) is 35.5 Å². The molecule has 3 rings (SSSR count). The SMILES string of the molecule is NC(CNC(=O)Cc1csc(-c2ccc(Cl)s2)n1)C1CC1. The van der Waals surface area contributed by atoms with Crippen LogP contribution in [-0.2, 0) is 11.2 Å². The van der Waals surface area contributed by atoms with E-state index in [0.717, 1.165) is 19.9 Å². The van der Waals surface area contributed by atoms with Gasteiger partial charge < -0.3 is 11.1 Å². The van der Waals surface area contributed by atoms with E-state index in [1.807, 2.05) is 17.5 Å². The van der Waals surface area contributed by atoms with Gasteiger partial charge in [-0.2, -0.15) is 0 Å². The standard InChI is InChI=1S/C14H16ClN3OS2/c15-12-4-3-11(21-12)14-18-9(7-20-14)5-13(19)17-6-10(16)8-1-2-8/h3-4,7-8,10H,1-2,5-6,16H2,(H,17,19). The molecule has 2 aromatic heterocycles. The number of nitrogens with two attached hydrogens (primary N) is 1. The molecule has 0 radical (unpaired) electrons. The Balaban J connectivity index is 1.52. The largest absolute Gasteiger partial charge is 0.354 e. The minimum atomic E-state index is -0.0211. The summed E-state index contributed by atoms with van der Waals surface area (Å²) in [6.07, 6.45) is 2.68. The number of hydrogen-bond acceptors (Lipinski definition) is 5. The molecule has 1 unspecified atom stereocenters. The fraction of sp³-hybridized carbons (Fsp3) is 0.429. The van der Waals surface area contributed by atoms with Gasteiger partial charge in [0.2, 0.25) is 5.91 Å². The lowest BCUT2D eigenvalue weighted by atomic mass is 10.2. The third kappa shape index (κ3) is 4.03. The second-order valence-corrected chi connectivity index (χ2v) is 7.80. The summed E-state index contributed by atoms with van der Waals surface area (Å²) < 4.78 is 0.744. The van der Waals surface area contributed by atoms with E-state index >= 15 is 0 Å². The van der Waals surface area contributed by atoms with Crippen molar-refractivity contribution < 1.29 is 4.79 Å². The predicted octanol–water partition coefficient (Wildman–Crippen LogP) is 2.92. The molecule has 1 fully saturated rings. The highest BCUT2D eigenvalue weighted by atomic mass is 35.5. The number of nitrogens with one attached hydrogen (secondary N) is 1. The number of carbonyl (C=O) groups is 1. The van der Waals surface area contributed by atoms with Crippen LogP contribution in [-0.4, -0.2) is 23.5 Å². The molecule has 2 heterocycles. The number of thiazole rings is 1. The molecule has 4 nitrogen and oxygen atoms in total. The maximum Gasteiger partial charge on any atom is 0.226 e. The van der Waals surface area contributed by atoms with Crippen LogP contribution in [0.25, 0.3) is 9.88 Å². The number of hydrogen-bond donors (Lipinski definition) is 2. The molecular formula is C14H16ClN3OS2. The molecule has 0 aromatic carbocycles. The first kappa shape index (κ1) is 15.0. The maximum absolute atomic E-state index is 11.9. The van der Waals surface area contributed by atoms with Gasteiger partial charge in [-0.3, -0.25) is 4.79 Å².